The predicted octanol–water partition coefficient (Wildman–Crippen LogP) is 5.91. The number of thiophene rings is 1. The number of hydrogen-bond donors (Lipinski definition) is 1. The van der Waals surface area contributed by atoms with Gasteiger partial charge in [-0.25, -0.2) is 4.79 Å². The van der Waals surface area contributed by atoms with Crippen LogP contribution in [0, 0.1) is 13.8 Å². The average molecular weight is 568 g/mol. The van der Waals surface area contributed by atoms with E-state index in [1.54, 1.807) is 30.5 Å². The molecule has 216 valence electrons. The maximum atomic E-state index is 13.8. The summed E-state index contributed by atoms with van der Waals surface area (Å²) in [5.74, 6) is 1.21. The maximum Gasteiger partial charge on any atom is 0.322 e. The quantitative estimate of drug-likeness (QED) is 0.231. The molecule has 0 fully saturated rings. The highest BCUT2D eigenvalue weighted by Crippen LogP contribution is 2.28. The third-order valence-corrected chi connectivity index (χ3v) is 7.52. The summed E-state index contributed by atoms with van der Waals surface area (Å²) in [7, 11) is 3.22. The van der Waals surface area contributed by atoms with Crippen molar-refractivity contribution >= 4 is 29.0 Å². The molecule has 3 amide bonds. The van der Waals surface area contributed by atoms with Crippen molar-refractivity contribution in [2.45, 2.75) is 40.2 Å². The number of benzene rings is 2. The zero-order chi connectivity index (χ0) is 28.9. The van der Waals surface area contributed by atoms with Crippen LogP contribution in [0.3, 0.4) is 0 Å². The molecular weight excluding hydrogens is 526 g/mol. The summed E-state index contributed by atoms with van der Waals surface area (Å²) in [5.41, 5.74) is 2.72. The Morgan fingerprint density at radius 1 is 0.925 bits per heavy atom. The first-order valence-corrected chi connectivity index (χ1v) is 14.4. The van der Waals surface area contributed by atoms with Gasteiger partial charge in [0.15, 0.2) is 11.5 Å². The van der Waals surface area contributed by atoms with Gasteiger partial charge >= 0.3 is 6.03 Å². The third kappa shape index (κ3) is 9.27. The Morgan fingerprint density at radius 3 is 2.38 bits per heavy atom. The highest BCUT2D eigenvalue weighted by atomic mass is 32.1. The van der Waals surface area contributed by atoms with Gasteiger partial charge in [0, 0.05) is 41.7 Å². The highest BCUT2D eigenvalue weighted by molar-refractivity contribution is 7.11. The number of ether oxygens (including phenoxy) is 3. The number of urea groups is 1. The lowest BCUT2D eigenvalue weighted by Crippen LogP contribution is -2.45. The van der Waals surface area contributed by atoms with Crippen molar-refractivity contribution in [2.75, 3.05) is 52.4 Å². The van der Waals surface area contributed by atoms with Gasteiger partial charge in [-0.1, -0.05) is 24.3 Å². The molecule has 0 atom stereocenters. The van der Waals surface area contributed by atoms with E-state index in [-0.39, 0.29) is 18.5 Å². The predicted molar refractivity (Wildman–Crippen MR) is 161 cm³/mol. The molecule has 1 heterocycles. The van der Waals surface area contributed by atoms with Crippen LogP contribution in [-0.4, -0.2) is 68.8 Å². The van der Waals surface area contributed by atoms with E-state index in [9.17, 15) is 9.59 Å². The largest absolute Gasteiger partial charge is 0.493 e. The molecule has 8 nitrogen and oxygen atoms in total. The van der Waals surface area contributed by atoms with E-state index in [1.807, 2.05) is 61.2 Å². The molecule has 0 bridgehead atoms. The van der Waals surface area contributed by atoms with Gasteiger partial charge in [-0.15, -0.1) is 11.3 Å². The number of nitrogens with one attached hydrogen (secondary N) is 1. The van der Waals surface area contributed by atoms with E-state index < -0.39 is 0 Å². The summed E-state index contributed by atoms with van der Waals surface area (Å²) < 4.78 is 16.3. The number of para-hydroxylation sites is 1. The van der Waals surface area contributed by atoms with Crippen LogP contribution >= 0.6 is 11.3 Å². The van der Waals surface area contributed by atoms with Crippen LogP contribution in [-0.2, 0) is 22.5 Å². The lowest BCUT2D eigenvalue weighted by atomic mass is 10.1. The van der Waals surface area contributed by atoms with Gasteiger partial charge in [0.1, 0.15) is 6.54 Å². The van der Waals surface area contributed by atoms with Crippen LogP contribution in [0.2, 0.25) is 0 Å². The number of carbonyl (C=O) groups excluding carboxylic acids is 2. The molecule has 2 aromatic carbocycles. The Bertz CT molecular complexity index is 1250. The minimum atomic E-state index is -0.300. The number of nitrogens with zero attached hydrogens (tertiary/aromatic N) is 2. The van der Waals surface area contributed by atoms with E-state index in [4.69, 9.17) is 14.2 Å². The van der Waals surface area contributed by atoms with E-state index in [2.05, 4.69) is 24.4 Å². The van der Waals surface area contributed by atoms with Crippen molar-refractivity contribution in [2.24, 2.45) is 0 Å². The van der Waals surface area contributed by atoms with Crippen molar-refractivity contribution in [3.63, 3.8) is 0 Å². The van der Waals surface area contributed by atoms with Crippen LogP contribution in [0.5, 0.6) is 11.5 Å². The van der Waals surface area contributed by atoms with Crippen LogP contribution in [0.25, 0.3) is 0 Å². The van der Waals surface area contributed by atoms with Gasteiger partial charge in [0.2, 0.25) is 5.91 Å². The SMILES string of the molecule is CCOCCCN(CC(=O)N(CCc1ccc(OC)c(OC)c1)Cc1ccc(C)s1)C(=O)Nc1ccccc1C. The fourth-order valence-corrected chi connectivity index (χ4v) is 5.18. The molecule has 1 N–H and O–H groups in total. The maximum absolute atomic E-state index is 13.8. The van der Waals surface area contributed by atoms with Gasteiger partial charge in [0.25, 0.3) is 0 Å². The average Bonchev–Trinajstić information content (AvgIpc) is 3.37. The first-order chi connectivity index (χ1) is 19.3. The number of carbonyl (C=O) groups is 2. The van der Waals surface area contributed by atoms with Gasteiger partial charge in [-0.3, -0.25) is 4.79 Å². The first kappa shape index (κ1) is 31.0. The van der Waals surface area contributed by atoms with Gasteiger partial charge < -0.3 is 29.3 Å². The molecule has 3 aromatic rings. The van der Waals surface area contributed by atoms with Crippen molar-refractivity contribution in [3.05, 3.63) is 75.5 Å². The molecule has 0 saturated carbocycles. The summed E-state index contributed by atoms with van der Waals surface area (Å²) in [6.45, 7) is 8.43. The minimum Gasteiger partial charge on any atom is -0.493 e. The Hall–Kier alpha value is -3.56. The van der Waals surface area contributed by atoms with Crippen molar-refractivity contribution in [1.82, 2.24) is 9.80 Å². The molecule has 0 radical (unpaired) electrons. The zero-order valence-corrected chi connectivity index (χ0v) is 25.0. The topological polar surface area (TPSA) is 80.3 Å². The lowest BCUT2D eigenvalue weighted by Gasteiger charge is -2.28. The molecule has 0 spiro atoms. The van der Waals surface area contributed by atoms with E-state index in [0.717, 1.165) is 21.7 Å². The number of hydrogen-bond acceptors (Lipinski definition) is 6. The van der Waals surface area contributed by atoms with Crippen LogP contribution in [0.1, 0.15) is 34.2 Å². The summed E-state index contributed by atoms with van der Waals surface area (Å²) in [6, 6.07) is 17.2. The van der Waals surface area contributed by atoms with Crippen molar-refractivity contribution in [1.29, 1.82) is 0 Å². The molecule has 1 aromatic heterocycles. The molecule has 0 aliphatic rings. The molecule has 3 rings (SSSR count). The highest BCUT2D eigenvalue weighted by Gasteiger charge is 2.22. The van der Waals surface area contributed by atoms with E-state index in [1.165, 1.54) is 4.88 Å². The second kappa shape index (κ2) is 15.9. The third-order valence-electron chi connectivity index (χ3n) is 6.53. The number of rotatable bonds is 15. The van der Waals surface area contributed by atoms with E-state index in [0.29, 0.717) is 57.2 Å². The fraction of sp³-hybridized carbons (Fsp3) is 0.419. The zero-order valence-electron chi connectivity index (χ0n) is 24.2. The summed E-state index contributed by atoms with van der Waals surface area (Å²) >= 11 is 1.67. The number of amides is 3. The monoisotopic (exact) mass is 567 g/mol. The number of aryl methyl sites for hydroxylation is 2. The minimum absolute atomic E-state index is 0.0276. The standard InChI is InChI=1S/C31H41N3O5S/c1-6-39-19-9-17-34(31(36)32-27-11-8-7-10-23(27)2)22-30(35)33(21-26-14-12-24(3)40-26)18-16-25-13-15-28(37-4)29(20-25)38-5/h7-8,10-15,20H,6,9,16-19,21-22H2,1-5H3,(H,32,36). The molecule has 0 aliphatic carbocycles. The normalized spacial score (nSPS) is 10.7. The Kier molecular flexibility index (Phi) is 12.3. The van der Waals surface area contributed by atoms with Crippen LogP contribution < -0.4 is 14.8 Å². The Labute approximate surface area is 241 Å². The molecule has 9 heteroatoms. The molecular formula is C31H41N3O5S. The van der Waals surface area contributed by atoms with Crippen molar-refractivity contribution < 1.29 is 23.8 Å². The summed E-state index contributed by atoms with van der Waals surface area (Å²) in [5, 5.41) is 2.98. The van der Waals surface area contributed by atoms with E-state index >= 15 is 0 Å². The number of methoxy groups -OCH3 is 2. The fourth-order valence-electron chi connectivity index (χ4n) is 4.28. The van der Waals surface area contributed by atoms with Gasteiger partial charge in [0.05, 0.1) is 20.8 Å². The second-order valence-electron chi connectivity index (χ2n) is 9.48. The lowest BCUT2D eigenvalue weighted by molar-refractivity contribution is -0.132. The van der Waals surface area contributed by atoms with Gasteiger partial charge in [-0.05, 0) is 75.1 Å². The van der Waals surface area contributed by atoms with Gasteiger partial charge in [-0.2, -0.15) is 0 Å². The summed E-state index contributed by atoms with van der Waals surface area (Å²) in [6.07, 6.45) is 1.27. The number of anilines is 1. The molecule has 0 saturated heterocycles. The first-order valence-electron chi connectivity index (χ1n) is 13.6. The molecule has 40 heavy (non-hydrogen) atoms. The molecule has 0 unspecified atom stereocenters. The van der Waals surface area contributed by atoms with Crippen LogP contribution in [0.15, 0.2) is 54.6 Å². The molecule has 0 aliphatic heterocycles. The smallest absolute Gasteiger partial charge is 0.322 e. The van der Waals surface area contributed by atoms with Crippen molar-refractivity contribution in [3.8, 4) is 11.5 Å². The second-order valence-corrected chi connectivity index (χ2v) is 10.9. The van der Waals surface area contributed by atoms with Crippen LogP contribution in [0.4, 0.5) is 10.5 Å². The summed E-state index contributed by atoms with van der Waals surface area (Å²) in [4.78, 5) is 32.8. The Morgan fingerprint density at radius 2 is 1.70 bits per heavy atom. The Balaban J connectivity index is 1.77.